The van der Waals surface area contributed by atoms with Crippen LogP contribution in [-0.4, -0.2) is 36.4 Å². The van der Waals surface area contributed by atoms with Crippen LogP contribution < -0.4 is 5.46 Å². The second kappa shape index (κ2) is 6.50. The lowest BCUT2D eigenvalue weighted by Crippen LogP contribution is -2.44. The first-order valence-corrected chi connectivity index (χ1v) is 8.86. The van der Waals surface area contributed by atoms with E-state index in [-0.39, 0.29) is 17.2 Å². The van der Waals surface area contributed by atoms with Crippen molar-refractivity contribution in [2.24, 2.45) is 0 Å². The Labute approximate surface area is 149 Å². The molecule has 0 spiro atoms. The Kier molecular flexibility index (Phi) is 4.69. The van der Waals surface area contributed by atoms with E-state index in [1.807, 2.05) is 18.2 Å². The van der Waals surface area contributed by atoms with Crippen LogP contribution in [0.4, 0.5) is 0 Å². The first-order valence-electron chi connectivity index (χ1n) is 8.86. The molecule has 2 heterocycles. The number of carbonyl (C=O) groups is 1. The van der Waals surface area contributed by atoms with E-state index in [2.05, 4.69) is 32.7 Å². The molecule has 1 saturated heterocycles. The highest BCUT2D eigenvalue weighted by atomic mass is 16.7. The van der Waals surface area contributed by atoms with Crippen LogP contribution in [0.15, 0.2) is 24.3 Å². The average molecular weight is 343 g/mol. The van der Waals surface area contributed by atoms with Gasteiger partial charge in [-0.15, -0.1) is 0 Å². The summed E-state index contributed by atoms with van der Waals surface area (Å²) in [5.74, 6) is -0.376. The number of aromatic nitrogens is 1. The van der Waals surface area contributed by atoms with Gasteiger partial charge in [0.1, 0.15) is 5.69 Å². The molecule has 0 bridgehead atoms. The van der Waals surface area contributed by atoms with Crippen molar-refractivity contribution >= 4 is 29.5 Å². The molecule has 0 radical (unpaired) electrons. The zero-order chi connectivity index (χ0) is 18.2. The molecule has 0 amide bonds. The number of hydrogen-bond acceptors (Lipinski definition) is 4. The SMILES string of the molecule is CCCCC1(C)OB(c2ccc3cc(C(=O)OC)[nH]c3c2)OC1(C)C. The fourth-order valence-electron chi connectivity index (χ4n) is 3.32. The topological polar surface area (TPSA) is 60.5 Å². The first kappa shape index (κ1) is 18.0. The zero-order valence-corrected chi connectivity index (χ0v) is 15.6. The van der Waals surface area contributed by atoms with Crippen molar-refractivity contribution in [3.63, 3.8) is 0 Å². The second-order valence-electron chi connectivity index (χ2n) is 7.43. The maximum atomic E-state index is 11.7. The van der Waals surface area contributed by atoms with Crippen molar-refractivity contribution in [1.29, 1.82) is 0 Å². The molecule has 6 heteroatoms. The monoisotopic (exact) mass is 343 g/mol. The molecule has 1 aromatic heterocycles. The van der Waals surface area contributed by atoms with Gasteiger partial charge in [-0.05, 0) is 44.8 Å². The number of nitrogens with one attached hydrogen (secondary N) is 1. The molecular formula is C19H26BNO4. The highest BCUT2D eigenvalue weighted by molar-refractivity contribution is 6.62. The van der Waals surface area contributed by atoms with Crippen molar-refractivity contribution in [2.75, 3.05) is 7.11 Å². The summed E-state index contributed by atoms with van der Waals surface area (Å²) in [4.78, 5) is 14.8. The van der Waals surface area contributed by atoms with Crippen molar-refractivity contribution in [3.8, 4) is 0 Å². The molecular weight excluding hydrogens is 317 g/mol. The summed E-state index contributed by atoms with van der Waals surface area (Å²) in [5.41, 5.74) is 1.56. The predicted molar refractivity (Wildman–Crippen MR) is 99.2 cm³/mol. The molecule has 1 aliphatic heterocycles. The van der Waals surface area contributed by atoms with Crippen molar-refractivity contribution < 1.29 is 18.8 Å². The van der Waals surface area contributed by atoms with Gasteiger partial charge in [-0.25, -0.2) is 4.79 Å². The normalized spacial score (nSPS) is 22.5. The van der Waals surface area contributed by atoms with Gasteiger partial charge in [0.15, 0.2) is 0 Å². The third-order valence-corrected chi connectivity index (χ3v) is 5.37. The molecule has 1 atom stereocenters. The molecule has 1 unspecified atom stereocenters. The summed E-state index contributed by atoms with van der Waals surface area (Å²) in [6.45, 7) is 8.49. The minimum absolute atomic E-state index is 0.324. The molecule has 3 rings (SSSR count). The molecule has 25 heavy (non-hydrogen) atoms. The summed E-state index contributed by atoms with van der Waals surface area (Å²) in [7, 11) is 0.963. The van der Waals surface area contributed by atoms with E-state index in [1.54, 1.807) is 6.07 Å². The largest absolute Gasteiger partial charge is 0.494 e. The molecule has 5 nitrogen and oxygen atoms in total. The number of fused-ring (bicyclic) bond motifs is 1. The Bertz CT molecular complexity index is 785. The smallest absolute Gasteiger partial charge is 0.464 e. The fraction of sp³-hybridized carbons (Fsp3) is 0.526. The number of carbonyl (C=O) groups excluding carboxylic acids is 1. The van der Waals surface area contributed by atoms with Gasteiger partial charge in [-0.1, -0.05) is 31.9 Å². The van der Waals surface area contributed by atoms with E-state index in [1.165, 1.54) is 7.11 Å². The number of unbranched alkanes of at least 4 members (excludes halogenated alkanes) is 1. The van der Waals surface area contributed by atoms with Crippen LogP contribution in [0.5, 0.6) is 0 Å². The molecule has 1 aromatic carbocycles. The average Bonchev–Trinajstić information content (AvgIpc) is 3.10. The van der Waals surface area contributed by atoms with Crippen LogP contribution in [0.1, 0.15) is 57.4 Å². The number of rotatable bonds is 5. The Hall–Kier alpha value is -1.79. The standard InChI is InChI=1S/C19H26BNO4/c1-6-7-10-19(4)18(2,3)24-20(25-19)14-9-8-13-11-16(17(22)23-5)21-15(13)12-14/h8-9,11-12,21H,6-7,10H2,1-5H3. The van der Waals surface area contributed by atoms with Gasteiger partial charge in [0.25, 0.3) is 0 Å². The van der Waals surface area contributed by atoms with Gasteiger partial charge < -0.3 is 19.0 Å². The van der Waals surface area contributed by atoms with Crippen LogP contribution in [0.2, 0.25) is 0 Å². The Balaban J connectivity index is 1.88. The third kappa shape index (κ3) is 3.21. The van der Waals surface area contributed by atoms with Gasteiger partial charge in [-0.3, -0.25) is 0 Å². The molecule has 0 saturated carbocycles. The maximum Gasteiger partial charge on any atom is 0.494 e. The fourth-order valence-corrected chi connectivity index (χ4v) is 3.32. The molecule has 134 valence electrons. The summed E-state index contributed by atoms with van der Waals surface area (Å²) >= 11 is 0. The van der Waals surface area contributed by atoms with Crippen LogP contribution in [0, 0.1) is 0 Å². The van der Waals surface area contributed by atoms with Gasteiger partial charge in [0, 0.05) is 10.9 Å². The maximum absolute atomic E-state index is 11.7. The third-order valence-electron chi connectivity index (χ3n) is 5.37. The minimum atomic E-state index is -0.411. The second-order valence-corrected chi connectivity index (χ2v) is 7.43. The van der Waals surface area contributed by atoms with Gasteiger partial charge in [0.2, 0.25) is 0 Å². The Morgan fingerprint density at radius 2 is 2.00 bits per heavy atom. The molecule has 1 N–H and O–H groups in total. The Morgan fingerprint density at radius 3 is 2.68 bits per heavy atom. The number of hydrogen-bond donors (Lipinski definition) is 1. The minimum Gasteiger partial charge on any atom is -0.464 e. The highest BCUT2D eigenvalue weighted by Crippen LogP contribution is 2.40. The van der Waals surface area contributed by atoms with Crippen molar-refractivity contribution in [2.45, 2.75) is 58.2 Å². The number of benzene rings is 1. The number of esters is 1. The molecule has 1 fully saturated rings. The van der Waals surface area contributed by atoms with E-state index in [9.17, 15) is 4.79 Å². The number of ether oxygens (including phenoxy) is 1. The molecule has 1 aliphatic rings. The van der Waals surface area contributed by atoms with Crippen LogP contribution in [0.3, 0.4) is 0 Å². The molecule has 0 aliphatic carbocycles. The van der Waals surface area contributed by atoms with Crippen molar-refractivity contribution in [3.05, 3.63) is 30.0 Å². The van der Waals surface area contributed by atoms with Gasteiger partial charge in [-0.2, -0.15) is 0 Å². The van der Waals surface area contributed by atoms with Gasteiger partial charge >= 0.3 is 13.1 Å². The summed E-state index contributed by atoms with van der Waals surface area (Å²) < 4.78 is 17.4. The van der Waals surface area contributed by atoms with Gasteiger partial charge in [0.05, 0.1) is 18.3 Å². The quantitative estimate of drug-likeness (QED) is 0.668. The predicted octanol–water partition coefficient (Wildman–Crippen LogP) is 3.42. The van der Waals surface area contributed by atoms with E-state index in [0.717, 1.165) is 35.6 Å². The van der Waals surface area contributed by atoms with E-state index < -0.39 is 7.12 Å². The van der Waals surface area contributed by atoms with Crippen molar-refractivity contribution in [1.82, 2.24) is 4.98 Å². The number of H-pyrrole nitrogens is 1. The lowest BCUT2D eigenvalue weighted by atomic mass is 9.79. The Morgan fingerprint density at radius 1 is 1.24 bits per heavy atom. The van der Waals surface area contributed by atoms with Crippen LogP contribution >= 0.6 is 0 Å². The number of methoxy groups -OCH3 is 1. The number of aromatic amines is 1. The van der Waals surface area contributed by atoms with Crippen LogP contribution in [-0.2, 0) is 14.0 Å². The summed E-state index contributed by atoms with van der Waals surface area (Å²) in [6, 6.07) is 7.73. The summed E-state index contributed by atoms with van der Waals surface area (Å²) in [5, 5.41) is 0.954. The van der Waals surface area contributed by atoms with Crippen LogP contribution in [0.25, 0.3) is 10.9 Å². The van der Waals surface area contributed by atoms with E-state index in [0.29, 0.717) is 5.69 Å². The van der Waals surface area contributed by atoms with E-state index >= 15 is 0 Å². The zero-order valence-electron chi connectivity index (χ0n) is 15.6. The lowest BCUT2D eigenvalue weighted by molar-refractivity contribution is -0.0169. The first-order chi connectivity index (χ1) is 11.8. The summed E-state index contributed by atoms with van der Waals surface area (Å²) in [6.07, 6.45) is 3.20. The highest BCUT2D eigenvalue weighted by Gasteiger charge is 2.53. The van der Waals surface area contributed by atoms with E-state index in [4.69, 9.17) is 14.0 Å². The lowest BCUT2D eigenvalue weighted by Gasteiger charge is -2.36. The molecule has 2 aromatic rings.